The zero-order valence-electron chi connectivity index (χ0n) is 11.1. The van der Waals surface area contributed by atoms with Gasteiger partial charge in [0.05, 0.1) is 10.6 Å². The molecular formula is C15H13FN2O3. The van der Waals surface area contributed by atoms with Crippen LogP contribution in [0, 0.1) is 15.9 Å². The fraction of sp³-hybridized carbons (Fsp3) is 0.200. The molecule has 0 spiro atoms. The Morgan fingerprint density at radius 3 is 2.76 bits per heavy atom. The number of nitrogens with one attached hydrogen (secondary N) is 1. The second kappa shape index (κ2) is 5.40. The second-order valence-corrected chi connectivity index (χ2v) is 4.77. The smallest absolute Gasteiger partial charge is 0.346 e. The summed E-state index contributed by atoms with van der Waals surface area (Å²) in [5, 5.41) is 14.2. The maximum Gasteiger partial charge on any atom is 0.346 e. The van der Waals surface area contributed by atoms with Crippen LogP contribution in [0.15, 0.2) is 36.4 Å². The van der Waals surface area contributed by atoms with Crippen molar-refractivity contribution in [2.24, 2.45) is 0 Å². The van der Waals surface area contributed by atoms with Crippen LogP contribution in [-0.2, 0) is 6.42 Å². The van der Waals surface area contributed by atoms with Gasteiger partial charge in [0.15, 0.2) is 5.75 Å². The Kier molecular flexibility index (Phi) is 3.43. The Hall–Kier alpha value is -2.63. The van der Waals surface area contributed by atoms with E-state index >= 15 is 0 Å². The highest BCUT2D eigenvalue weighted by molar-refractivity contribution is 5.65. The van der Waals surface area contributed by atoms with Gasteiger partial charge >= 0.3 is 5.69 Å². The van der Waals surface area contributed by atoms with Gasteiger partial charge in [-0.25, -0.2) is 0 Å². The van der Waals surface area contributed by atoms with Gasteiger partial charge < -0.3 is 10.1 Å². The van der Waals surface area contributed by atoms with Crippen LogP contribution in [0.5, 0.6) is 11.5 Å². The summed E-state index contributed by atoms with van der Waals surface area (Å²) in [5.41, 5.74) is 1.27. The molecule has 0 unspecified atom stereocenters. The molecule has 6 heteroatoms. The lowest BCUT2D eigenvalue weighted by molar-refractivity contribution is -0.388. The predicted molar refractivity (Wildman–Crippen MR) is 76.4 cm³/mol. The van der Waals surface area contributed by atoms with Crippen LogP contribution >= 0.6 is 0 Å². The number of para-hydroxylation sites is 2. The van der Waals surface area contributed by atoms with Gasteiger partial charge in [0, 0.05) is 6.54 Å². The first-order valence-corrected chi connectivity index (χ1v) is 6.63. The third-order valence-corrected chi connectivity index (χ3v) is 3.39. The summed E-state index contributed by atoms with van der Waals surface area (Å²) in [6, 6.07) is 9.35. The van der Waals surface area contributed by atoms with E-state index in [1.807, 2.05) is 12.1 Å². The minimum absolute atomic E-state index is 0.0965. The highest BCUT2D eigenvalue weighted by atomic mass is 19.1. The van der Waals surface area contributed by atoms with Crippen molar-refractivity contribution in [3.05, 3.63) is 57.9 Å². The lowest BCUT2D eigenvalue weighted by Crippen LogP contribution is -2.12. The number of halogens is 1. The quantitative estimate of drug-likeness (QED) is 0.687. The van der Waals surface area contributed by atoms with Crippen LogP contribution in [0.25, 0.3) is 0 Å². The molecule has 3 rings (SSSR count). The molecule has 108 valence electrons. The number of hydrogen-bond donors (Lipinski definition) is 1. The summed E-state index contributed by atoms with van der Waals surface area (Å²) in [6.45, 7) is 0.818. The van der Waals surface area contributed by atoms with Crippen molar-refractivity contribution < 1.29 is 14.1 Å². The highest BCUT2D eigenvalue weighted by Gasteiger charge is 2.23. The lowest BCUT2D eigenvalue weighted by Gasteiger charge is -2.20. The topological polar surface area (TPSA) is 64.4 Å². The maximum atomic E-state index is 13.6. The molecule has 0 fully saturated rings. The number of nitro groups is 1. The average Bonchev–Trinajstić information content (AvgIpc) is 2.47. The van der Waals surface area contributed by atoms with Crippen LogP contribution in [0.4, 0.5) is 15.8 Å². The van der Waals surface area contributed by atoms with Gasteiger partial charge in [0.25, 0.3) is 0 Å². The molecule has 2 aromatic carbocycles. The molecule has 0 saturated carbocycles. The molecule has 1 aliphatic rings. The average molecular weight is 288 g/mol. The van der Waals surface area contributed by atoms with Gasteiger partial charge in [-0.3, -0.25) is 10.1 Å². The molecule has 1 heterocycles. The number of hydrogen-bond acceptors (Lipinski definition) is 4. The SMILES string of the molecule is O=[N+]([O-])c1c(F)cccc1Oc1cccc2c1NCCC2. The van der Waals surface area contributed by atoms with E-state index in [0.717, 1.165) is 36.7 Å². The fourth-order valence-electron chi connectivity index (χ4n) is 2.44. The number of rotatable bonds is 3. The van der Waals surface area contributed by atoms with Crippen LogP contribution in [-0.4, -0.2) is 11.5 Å². The van der Waals surface area contributed by atoms with Gasteiger partial charge in [-0.15, -0.1) is 0 Å². The third-order valence-electron chi connectivity index (χ3n) is 3.39. The Morgan fingerprint density at radius 2 is 1.95 bits per heavy atom. The summed E-state index contributed by atoms with van der Waals surface area (Å²) in [7, 11) is 0. The van der Waals surface area contributed by atoms with Gasteiger partial charge in [0.2, 0.25) is 11.6 Å². The monoisotopic (exact) mass is 288 g/mol. The van der Waals surface area contributed by atoms with Crippen LogP contribution < -0.4 is 10.1 Å². The Balaban J connectivity index is 2.02. The molecule has 21 heavy (non-hydrogen) atoms. The first-order valence-electron chi connectivity index (χ1n) is 6.63. The van der Waals surface area contributed by atoms with Crippen molar-refractivity contribution in [2.45, 2.75) is 12.8 Å². The van der Waals surface area contributed by atoms with E-state index in [1.54, 1.807) is 6.07 Å². The van der Waals surface area contributed by atoms with Gasteiger partial charge in [-0.05, 0) is 36.6 Å². The van der Waals surface area contributed by atoms with Crippen molar-refractivity contribution in [1.29, 1.82) is 0 Å². The van der Waals surface area contributed by atoms with Crippen molar-refractivity contribution in [2.75, 3.05) is 11.9 Å². The predicted octanol–water partition coefficient (Wildman–Crippen LogP) is 3.88. The highest BCUT2D eigenvalue weighted by Crippen LogP contribution is 2.39. The molecule has 0 radical (unpaired) electrons. The van der Waals surface area contributed by atoms with E-state index in [0.29, 0.717) is 5.75 Å². The number of benzene rings is 2. The standard InChI is InChI=1S/C15H13FN2O3/c16-11-6-2-8-13(15(11)18(19)20)21-12-7-1-4-10-5-3-9-17-14(10)12/h1-2,4,6-8,17H,3,5,9H2. The molecule has 5 nitrogen and oxygen atoms in total. The summed E-state index contributed by atoms with van der Waals surface area (Å²) < 4.78 is 19.2. The van der Waals surface area contributed by atoms with E-state index < -0.39 is 16.4 Å². The number of nitro benzene ring substituents is 1. The molecule has 0 bridgehead atoms. The zero-order valence-corrected chi connectivity index (χ0v) is 11.1. The van der Waals surface area contributed by atoms with Crippen molar-refractivity contribution in [3.63, 3.8) is 0 Å². The second-order valence-electron chi connectivity index (χ2n) is 4.77. The molecule has 0 atom stereocenters. The van der Waals surface area contributed by atoms with E-state index in [2.05, 4.69) is 5.32 Å². The molecule has 0 amide bonds. The van der Waals surface area contributed by atoms with Crippen LogP contribution in [0.3, 0.4) is 0 Å². The molecule has 0 aromatic heterocycles. The van der Waals surface area contributed by atoms with E-state index in [1.165, 1.54) is 12.1 Å². The largest absolute Gasteiger partial charge is 0.448 e. The molecule has 2 aromatic rings. The Labute approximate surface area is 120 Å². The van der Waals surface area contributed by atoms with Crippen LogP contribution in [0.2, 0.25) is 0 Å². The number of ether oxygens (including phenoxy) is 1. The summed E-state index contributed by atoms with van der Waals surface area (Å²) >= 11 is 0. The van der Waals surface area contributed by atoms with Crippen molar-refractivity contribution in [1.82, 2.24) is 0 Å². The Morgan fingerprint density at radius 1 is 1.19 bits per heavy atom. The summed E-state index contributed by atoms with van der Waals surface area (Å²) in [6.07, 6.45) is 1.95. The number of fused-ring (bicyclic) bond motifs is 1. The first-order chi connectivity index (χ1) is 10.2. The molecule has 1 aliphatic heterocycles. The number of aryl methyl sites for hydroxylation is 1. The van der Waals surface area contributed by atoms with Gasteiger partial charge in [-0.1, -0.05) is 18.2 Å². The Bertz CT molecular complexity index is 703. The zero-order chi connectivity index (χ0) is 14.8. The first kappa shape index (κ1) is 13.4. The lowest BCUT2D eigenvalue weighted by atomic mass is 10.0. The van der Waals surface area contributed by atoms with E-state index in [-0.39, 0.29) is 5.75 Å². The molecular weight excluding hydrogens is 275 g/mol. The van der Waals surface area contributed by atoms with Gasteiger partial charge in [-0.2, -0.15) is 4.39 Å². The van der Waals surface area contributed by atoms with Crippen molar-refractivity contribution >= 4 is 11.4 Å². The summed E-state index contributed by atoms with van der Waals surface area (Å²) in [4.78, 5) is 10.2. The normalized spacial score (nSPS) is 13.2. The minimum atomic E-state index is -0.907. The van der Waals surface area contributed by atoms with Gasteiger partial charge in [0.1, 0.15) is 0 Å². The number of anilines is 1. The third kappa shape index (κ3) is 2.52. The summed E-state index contributed by atoms with van der Waals surface area (Å²) in [5.74, 6) is -0.531. The molecule has 1 N–H and O–H groups in total. The maximum absolute atomic E-state index is 13.6. The minimum Gasteiger partial charge on any atom is -0.448 e. The number of nitrogens with zero attached hydrogens (tertiary/aromatic N) is 1. The van der Waals surface area contributed by atoms with E-state index in [9.17, 15) is 14.5 Å². The fourth-order valence-corrected chi connectivity index (χ4v) is 2.44. The van der Waals surface area contributed by atoms with Crippen molar-refractivity contribution in [3.8, 4) is 11.5 Å². The van der Waals surface area contributed by atoms with E-state index in [4.69, 9.17) is 4.74 Å². The van der Waals surface area contributed by atoms with Crippen LogP contribution in [0.1, 0.15) is 12.0 Å². The molecule has 0 aliphatic carbocycles. The molecule has 0 saturated heterocycles.